The number of hydrogen-bond acceptors (Lipinski definition) is 4. The van der Waals surface area contributed by atoms with Crippen molar-refractivity contribution in [2.75, 3.05) is 21.1 Å². The minimum atomic E-state index is -0.250. The third-order valence-corrected chi connectivity index (χ3v) is 5.99. The Kier molecular flexibility index (Phi) is 10.1. The number of rotatable bonds is 4. The van der Waals surface area contributed by atoms with Crippen molar-refractivity contribution in [1.82, 2.24) is 9.80 Å². The van der Waals surface area contributed by atoms with Gasteiger partial charge >= 0.3 is 0 Å². The molecule has 2 aliphatic carbocycles. The van der Waals surface area contributed by atoms with Crippen LogP contribution in [0.5, 0.6) is 0 Å². The maximum absolute atomic E-state index is 13.7. The van der Waals surface area contributed by atoms with Gasteiger partial charge in [0.25, 0.3) is 12.9 Å². The Balaban J connectivity index is 0.000000582. The molecule has 0 heterocycles. The number of nitrogens with zero attached hydrogens (tertiary/aromatic N) is 2. The molecule has 2 unspecified atom stereocenters. The average Bonchev–Trinajstić information content (AvgIpc) is 3.19. The molecule has 0 saturated heterocycles. The summed E-state index contributed by atoms with van der Waals surface area (Å²) in [5.74, 6) is 1.72. The molecule has 0 spiro atoms. The Morgan fingerprint density at radius 2 is 1.46 bits per heavy atom. The maximum atomic E-state index is 13.7. The van der Waals surface area contributed by atoms with Crippen molar-refractivity contribution in [1.29, 1.82) is 0 Å². The van der Waals surface area contributed by atoms with Crippen molar-refractivity contribution in [2.24, 2.45) is 11.8 Å². The van der Waals surface area contributed by atoms with E-state index < -0.39 is 0 Å². The topological polar surface area (TPSA) is 81.1 Å². The minimum Gasteiger partial charge on any atom is -0.483 e. The molecule has 4 atom stereocenters. The Bertz CT molecular complexity index is 606. The first kappa shape index (κ1) is 24.0. The summed E-state index contributed by atoms with van der Waals surface area (Å²) in [6.07, 6.45) is 5.36. The Morgan fingerprint density at radius 1 is 1.00 bits per heavy atom. The monoisotopic (exact) mass is 396 g/mol. The van der Waals surface area contributed by atoms with Crippen LogP contribution in [0.15, 0.2) is 18.2 Å². The summed E-state index contributed by atoms with van der Waals surface area (Å²) < 4.78 is 13.7. The molecule has 2 saturated carbocycles. The minimum absolute atomic E-state index is 0.0805. The normalized spacial score (nSPS) is 25.4. The number of hydrogen-bond donors (Lipinski definition) is 2. The van der Waals surface area contributed by atoms with E-state index in [1.807, 2.05) is 13.0 Å². The van der Waals surface area contributed by atoms with Crippen LogP contribution in [0, 0.1) is 24.6 Å². The molecular formula is C21H33FN2O4. The van der Waals surface area contributed by atoms with Gasteiger partial charge in [0, 0.05) is 18.6 Å². The van der Waals surface area contributed by atoms with Crippen LogP contribution < -0.4 is 0 Å². The van der Waals surface area contributed by atoms with E-state index >= 15 is 0 Å². The van der Waals surface area contributed by atoms with Gasteiger partial charge < -0.3 is 15.1 Å². The van der Waals surface area contributed by atoms with Gasteiger partial charge in [-0.25, -0.2) is 4.39 Å². The first-order chi connectivity index (χ1) is 13.3. The van der Waals surface area contributed by atoms with Crippen molar-refractivity contribution < 1.29 is 24.2 Å². The zero-order valence-electron chi connectivity index (χ0n) is 17.2. The van der Waals surface area contributed by atoms with Gasteiger partial charge in [-0.15, -0.1) is 0 Å². The van der Waals surface area contributed by atoms with Gasteiger partial charge in [-0.05, 0) is 82.8 Å². The fourth-order valence-electron chi connectivity index (χ4n) is 4.49. The molecule has 1 aromatic rings. The second-order valence-corrected chi connectivity index (χ2v) is 7.94. The average molecular weight is 397 g/mol. The summed E-state index contributed by atoms with van der Waals surface area (Å²) in [5.41, 5.74) is 1.82. The van der Waals surface area contributed by atoms with Gasteiger partial charge in [0.15, 0.2) is 0 Å². The molecule has 2 fully saturated rings. The molecule has 7 heteroatoms. The van der Waals surface area contributed by atoms with Gasteiger partial charge in [0.1, 0.15) is 5.82 Å². The van der Waals surface area contributed by atoms with E-state index in [2.05, 4.69) is 37.0 Å². The molecule has 0 radical (unpaired) electrons. The summed E-state index contributed by atoms with van der Waals surface area (Å²) in [7, 11) is 6.62. The van der Waals surface area contributed by atoms with Crippen LogP contribution >= 0.6 is 0 Å². The molecule has 158 valence electrons. The SMILES string of the molecule is Cc1ccc(CN(C)C2C[C@H]3CC(N(C)C)C[C@H]3C2)cc1F.O=CO.O=CO. The van der Waals surface area contributed by atoms with Crippen LogP contribution in [0.25, 0.3) is 0 Å². The summed E-state index contributed by atoms with van der Waals surface area (Å²) in [5, 5.41) is 13.8. The number of benzene rings is 1. The number of carbonyl (C=O) groups is 2. The summed E-state index contributed by atoms with van der Waals surface area (Å²) in [4.78, 5) is 21.6. The summed E-state index contributed by atoms with van der Waals surface area (Å²) >= 11 is 0. The van der Waals surface area contributed by atoms with Crippen molar-refractivity contribution in [3.05, 3.63) is 35.1 Å². The lowest BCUT2D eigenvalue weighted by Crippen LogP contribution is -2.31. The largest absolute Gasteiger partial charge is 0.483 e. The second kappa shape index (κ2) is 11.8. The zero-order valence-corrected chi connectivity index (χ0v) is 17.2. The summed E-state index contributed by atoms with van der Waals surface area (Å²) in [6.45, 7) is 2.18. The molecule has 0 aromatic heterocycles. The predicted molar refractivity (Wildman–Crippen MR) is 107 cm³/mol. The van der Waals surface area contributed by atoms with Gasteiger partial charge in [-0.1, -0.05) is 12.1 Å². The number of carboxylic acid groups (broad SMARTS) is 2. The van der Waals surface area contributed by atoms with E-state index in [0.717, 1.165) is 35.5 Å². The van der Waals surface area contributed by atoms with Crippen molar-refractivity contribution in [2.45, 2.75) is 51.2 Å². The molecule has 6 nitrogen and oxygen atoms in total. The molecule has 2 aliphatic rings. The van der Waals surface area contributed by atoms with Gasteiger partial charge in [-0.3, -0.25) is 14.5 Å². The zero-order chi connectivity index (χ0) is 21.3. The highest BCUT2D eigenvalue weighted by Crippen LogP contribution is 2.46. The van der Waals surface area contributed by atoms with E-state index in [4.69, 9.17) is 19.8 Å². The first-order valence-corrected chi connectivity index (χ1v) is 9.54. The van der Waals surface area contributed by atoms with Crippen LogP contribution in [-0.2, 0) is 16.1 Å². The summed E-state index contributed by atoms with van der Waals surface area (Å²) in [6, 6.07) is 7.11. The molecule has 1 aromatic carbocycles. The lowest BCUT2D eigenvalue weighted by Gasteiger charge is -2.27. The van der Waals surface area contributed by atoms with Crippen molar-refractivity contribution >= 4 is 12.9 Å². The van der Waals surface area contributed by atoms with E-state index in [-0.39, 0.29) is 18.8 Å². The number of fused-ring (bicyclic) bond motifs is 1. The third kappa shape index (κ3) is 6.87. The maximum Gasteiger partial charge on any atom is 0.290 e. The molecular weight excluding hydrogens is 363 g/mol. The van der Waals surface area contributed by atoms with E-state index in [1.54, 1.807) is 6.07 Å². The second-order valence-electron chi connectivity index (χ2n) is 7.94. The quantitative estimate of drug-likeness (QED) is 0.762. The lowest BCUT2D eigenvalue weighted by atomic mass is 10.0. The van der Waals surface area contributed by atoms with Gasteiger partial charge in [0.2, 0.25) is 0 Å². The Labute approximate surface area is 167 Å². The Morgan fingerprint density at radius 3 is 1.89 bits per heavy atom. The molecule has 0 aliphatic heterocycles. The fourth-order valence-corrected chi connectivity index (χ4v) is 4.49. The molecule has 0 amide bonds. The van der Waals surface area contributed by atoms with Crippen molar-refractivity contribution in [3.63, 3.8) is 0 Å². The predicted octanol–water partition coefficient (Wildman–Crippen LogP) is 3.09. The highest BCUT2D eigenvalue weighted by atomic mass is 19.1. The molecule has 0 bridgehead atoms. The van der Waals surface area contributed by atoms with Crippen LogP contribution in [0.3, 0.4) is 0 Å². The van der Waals surface area contributed by atoms with Crippen LogP contribution in [0.1, 0.15) is 36.8 Å². The van der Waals surface area contributed by atoms with E-state index in [1.165, 1.54) is 25.7 Å². The smallest absolute Gasteiger partial charge is 0.290 e. The first-order valence-electron chi connectivity index (χ1n) is 9.54. The standard InChI is InChI=1S/C19H29FN2.2CH2O2/c1-13-5-6-14(7-19(13)20)12-22(4)18-10-15-8-17(21(2)3)9-16(15)11-18;2*2-1-3/h5-7,15-18H,8-12H2,1-4H3;2*1H,(H,2,3)/t15-,16+,17?,18?;;. The fraction of sp³-hybridized carbons (Fsp3) is 0.619. The number of aryl methyl sites for hydroxylation is 1. The van der Waals surface area contributed by atoms with Crippen molar-refractivity contribution in [3.8, 4) is 0 Å². The highest BCUT2D eigenvalue weighted by molar-refractivity contribution is 5.33. The molecule has 28 heavy (non-hydrogen) atoms. The molecule has 3 rings (SSSR count). The van der Waals surface area contributed by atoms with E-state index in [0.29, 0.717) is 6.04 Å². The van der Waals surface area contributed by atoms with Crippen LogP contribution in [0.4, 0.5) is 4.39 Å². The van der Waals surface area contributed by atoms with Gasteiger partial charge in [0.05, 0.1) is 0 Å². The van der Waals surface area contributed by atoms with Gasteiger partial charge in [-0.2, -0.15) is 0 Å². The number of halogens is 1. The third-order valence-electron chi connectivity index (χ3n) is 5.99. The van der Waals surface area contributed by atoms with Crippen LogP contribution in [0.2, 0.25) is 0 Å². The van der Waals surface area contributed by atoms with E-state index in [9.17, 15) is 4.39 Å². The lowest BCUT2D eigenvalue weighted by molar-refractivity contribution is -0.123. The highest BCUT2D eigenvalue weighted by Gasteiger charge is 2.43. The molecule has 2 N–H and O–H groups in total. The van der Waals surface area contributed by atoms with Crippen LogP contribution in [-0.4, -0.2) is 66.2 Å². The Hall–Kier alpha value is -1.99.